The Morgan fingerprint density at radius 1 is 1.32 bits per heavy atom. The zero-order chi connectivity index (χ0) is 14.1. The Hall–Kier alpha value is -1.73. The molecule has 0 fully saturated rings. The number of nitrogens with one attached hydrogen (secondary N) is 2. The Morgan fingerprint density at radius 3 is 2.63 bits per heavy atom. The molecular formula is C12H14BrN3O3. The van der Waals surface area contributed by atoms with E-state index in [1.54, 1.807) is 0 Å². The van der Waals surface area contributed by atoms with Crippen LogP contribution in [0.25, 0.3) is 0 Å². The number of hydrogen-bond acceptors (Lipinski definition) is 4. The molecule has 0 saturated heterocycles. The second-order valence-corrected chi connectivity index (χ2v) is 4.42. The summed E-state index contributed by atoms with van der Waals surface area (Å²) in [4.78, 5) is 22.5. The van der Waals surface area contributed by atoms with E-state index in [-0.39, 0.29) is 6.54 Å². The fraction of sp³-hybridized carbons (Fsp3) is 0.250. The summed E-state index contributed by atoms with van der Waals surface area (Å²) >= 11 is 3.31. The van der Waals surface area contributed by atoms with Gasteiger partial charge in [-0.05, 0) is 17.7 Å². The van der Waals surface area contributed by atoms with Crippen LogP contribution in [0, 0.1) is 0 Å². The fourth-order valence-corrected chi connectivity index (χ4v) is 1.38. The molecule has 0 aliphatic heterocycles. The first kappa shape index (κ1) is 15.3. The van der Waals surface area contributed by atoms with Gasteiger partial charge in [0, 0.05) is 18.1 Å². The van der Waals surface area contributed by atoms with E-state index in [2.05, 4.69) is 31.8 Å². The maximum absolute atomic E-state index is 11.3. The van der Waals surface area contributed by atoms with Gasteiger partial charge in [0.2, 0.25) is 0 Å². The third-order valence-electron chi connectivity index (χ3n) is 2.05. The summed E-state index contributed by atoms with van der Waals surface area (Å²) in [5, 5.41) is 6.07. The van der Waals surface area contributed by atoms with Crippen LogP contribution in [0.4, 0.5) is 0 Å². The highest BCUT2D eigenvalue weighted by Crippen LogP contribution is 2.08. The van der Waals surface area contributed by atoms with Crippen LogP contribution in [0.15, 0.2) is 33.8 Å². The summed E-state index contributed by atoms with van der Waals surface area (Å²) in [5.41, 5.74) is 2.95. The highest BCUT2D eigenvalue weighted by molar-refractivity contribution is 9.10. The van der Waals surface area contributed by atoms with E-state index in [4.69, 9.17) is 4.74 Å². The number of hydrazone groups is 1. The molecule has 0 aromatic heterocycles. The van der Waals surface area contributed by atoms with Crippen molar-refractivity contribution in [1.29, 1.82) is 0 Å². The third kappa shape index (κ3) is 6.12. The molecule has 0 heterocycles. The van der Waals surface area contributed by atoms with Crippen LogP contribution < -0.4 is 10.7 Å². The topological polar surface area (TPSA) is 79.8 Å². The summed E-state index contributed by atoms with van der Waals surface area (Å²) in [6.45, 7) is 0.625. The average molecular weight is 328 g/mol. The third-order valence-corrected chi connectivity index (χ3v) is 2.58. The van der Waals surface area contributed by atoms with Crippen LogP contribution in [-0.2, 0) is 14.3 Å². The van der Waals surface area contributed by atoms with Crippen molar-refractivity contribution in [2.75, 3.05) is 20.3 Å². The molecular weight excluding hydrogens is 314 g/mol. The van der Waals surface area contributed by atoms with Crippen LogP contribution in [0.2, 0.25) is 0 Å². The van der Waals surface area contributed by atoms with Gasteiger partial charge >= 0.3 is 11.8 Å². The largest absolute Gasteiger partial charge is 0.383 e. The number of hydrogen-bond donors (Lipinski definition) is 2. The number of methoxy groups -OCH3 is 1. The monoisotopic (exact) mass is 327 g/mol. The Morgan fingerprint density at radius 2 is 2.00 bits per heavy atom. The van der Waals surface area contributed by atoms with Gasteiger partial charge in [0.25, 0.3) is 0 Å². The van der Waals surface area contributed by atoms with E-state index >= 15 is 0 Å². The molecule has 0 unspecified atom stereocenters. The molecule has 0 aliphatic rings. The second kappa shape index (κ2) is 8.39. The zero-order valence-corrected chi connectivity index (χ0v) is 11.9. The van der Waals surface area contributed by atoms with E-state index in [9.17, 15) is 9.59 Å². The van der Waals surface area contributed by atoms with Gasteiger partial charge in [0.15, 0.2) is 0 Å². The van der Waals surface area contributed by atoms with Gasteiger partial charge in [0.05, 0.1) is 12.8 Å². The number of amides is 2. The summed E-state index contributed by atoms with van der Waals surface area (Å²) < 4.78 is 5.69. The predicted octanol–water partition coefficient (Wildman–Crippen LogP) is 0.662. The van der Waals surface area contributed by atoms with E-state index in [0.29, 0.717) is 6.61 Å². The number of ether oxygens (including phenoxy) is 1. The summed E-state index contributed by atoms with van der Waals surface area (Å²) in [6, 6.07) is 7.33. The lowest BCUT2D eigenvalue weighted by molar-refractivity contribution is -0.139. The highest BCUT2D eigenvalue weighted by Gasteiger charge is 2.10. The number of benzene rings is 1. The second-order valence-electron chi connectivity index (χ2n) is 3.50. The summed E-state index contributed by atoms with van der Waals surface area (Å²) in [6.07, 6.45) is 1.45. The minimum atomic E-state index is -0.815. The van der Waals surface area contributed by atoms with Crippen molar-refractivity contribution in [3.63, 3.8) is 0 Å². The number of rotatable bonds is 5. The first-order valence-corrected chi connectivity index (χ1v) is 6.28. The van der Waals surface area contributed by atoms with Crippen molar-refractivity contribution in [3.8, 4) is 0 Å². The quantitative estimate of drug-likeness (QED) is 0.361. The molecule has 0 bridgehead atoms. The first-order valence-electron chi connectivity index (χ1n) is 5.49. The van der Waals surface area contributed by atoms with Gasteiger partial charge in [-0.3, -0.25) is 9.59 Å². The molecule has 102 valence electrons. The van der Waals surface area contributed by atoms with Crippen LogP contribution >= 0.6 is 15.9 Å². The zero-order valence-electron chi connectivity index (χ0n) is 10.4. The molecule has 19 heavy (non-hydrogen) atoms. The normalized spacial score (nSPS) is 10.4. The summed E-state index contributed by atoms with van der Waals surface area (Å²) in [5.74, 6) is -1.56. The smallest absolute Gasteiger partial charge is 0.329 e. The van der Waals surface area contributed by atoms with Gasteiger partial charge in [-0.2, -0.15) is 5.10 Å². The molecule has 1 aromatic carbocycles. The van der Waals surface area contributed by atoms with E-state index in [0.717, 1.165) is 10.0 Å². The Balaban J connectivity index is 2.36. The Labute approximate surface area is 119 Å². The van der Waals surface area contributed by atoms with E-state index < -0.39 is 11.8 Å². The predicted molar refractivity (Wildman–Crippen MR) is 74.8 cm³/mol. The lowest BCUT2D eigenvalue weighted by Gasteiger charge is -2.02. The first-order chi connectivity index (χ1) is 9.13. The van der Waals surface area contributed by atoms with Crippen molar-refractivity contribution in [3.05, 3.63) is 34.3 Å². The van der Waals surface area contributed by atoms with Gasteiger partial charge in [-0.25, -0.2) is 5.43 Å². The number of carbonyl (C=O) groups is 2. The average Bonchev–Trinajstić information content (AvgIpc) is 2.41. The Kier molecular flexibility index (Phi) is 6.76. The van der Waals surface area contributed by atoms with Crippen LogP contribution in [0.1, 0.15) is 5.56 Å². The molecule has 2 N–H and O–H groups in total. The van der Waals surface area contributed by atoms with Crippen LogP contribution in [-0.4, -0.2) is 38.3 Å². The number of nitrogens with zero attached hydrogens (tertiary/aromatic N) is 1. The number of halogens is 1. The molecule has 6 nitrogen and oxygen atoms in total. The molecule has 0 aliphatic carbocycles. The van der Waals surface area contributed by atoms with Crippen molar-refractivity contribution >= 4 is 34.0 Å². The minimum Gasteiger partial charge on any atom is -0.383 e. The van der Waals surface area contributed by atoms with Crippen LogP contribution in [0.5, 0.6) is 0 Å². The van der Waals surface area contributed by atoms with E-state index in [1.165, 1.54) is 13.3 Å². The SMILES string of the molecule is COCCNC(=O)C(=O)N/N=C\c1ccc(Br)cc1. The molecule has 0 saturated carbocycles. The maximum atomic E-state index is 11.3. The fourth-order valence-electron chi connectivity index (χ4n) is 1.11. The highest BCUT2D eigenvalue weighted by atomic mass is 79.9. The molecule has 0 radical (unpaired) electrons. The molecule has 1 aromatic rings. The molecule has 1 rings (SSSR count). The van der Waals surface area contributed by atoms with Gasteiger partial charge in [-0.1, -0.05) is 28.1 Å². The lowest BCUT2D eigenvalue weighted by atomic mass is 10.2. The van der Waals surface area contributed by atoms with Crippen LogP contribution in [0.3, 0.4) is 0 Å². The lowest BCUT2D eigenvalue weighted by Crippen LogP contribution is -2.39. The molecule has 2 amide bonds. The standard InChI is InChI=1S/C12H14BrN3O3/c1-19-7-6-14-11(17)12(18)16-15-8-9-2-4-10(13)5-3-9/h2-5,8H,6-7H2,1H3,(H,14,17)(H,16,18)/b15-8-. The van der Waals surface area contributed by atoms with Crippen molar-refractivity contribution < 1.29 is 14.3 Å². The van der Waals surface area contributed by atoms with E-state index in [1.807, 2.05) is 24.3 Å². The minimum absolute atomic E-state index is 0.277. The van der Waals surface area contributed by atoms with Gasteiger partial charge in [0.1, 0.15) is 0 Å². The molecule has 7 heteroatoms. The summed E-state index contributed by atoms with van der Waals surface area (Å²) in [7, 11) is 1.51. The number of carbonyl (C=O) groups excluding carboxylic acids is 2. The molecule has 0 spiro atoms. The van der Waals surface area contributed by atoms with Crippen molar-refractivity contribution in [1.82, 2.24) is 10.7 Å². The van der Waals surface area contributed by atoms with Crippen molar-refractivity contribution in [2.24, 2.45) is 5.10 Å². The van der Waals surface area contributed by atoms with Gasteiger partial charge < -0.3 is 10.1 Å². The van der Waals surface area contributed by atoms with Gasteiger partial charge in [-0.15, -0.1) is 0 Å². The Bertz CT molecular complexity index is 460. The molecule has 0 atom stereocenters. The maximum Gasteiger partial charge on any atom is 0.329 e. The van der Waals surface area contributed by atoms with Crippen molar-refractivity contribution in [2.45, 2.75) is 0 Å².